The number of thioether (sulfide) groups is 1. The van der Waals surface area contributed by atoms with Crippen LogP contribution in [0.2, 0.25) is 0 Å². The van der Waals surface area contributed by atoms with Crippen molar-refractivity contribution >= 4 is 11.8 Å². The highest BCUT2D eigenvalue weighted by atomic mass is 32.2. The molecule has 0 bridgehead atoms. The Balaban J connectivity index is 2.80. The molecule has 0 saturated heterocycles. The largest absolute Gasteiger partial charge is 0.380 e. The average Bonchev–Trinajstić information content (AvgIpc) is 2.46. The van der Waals surface area contributed by atoms with Gasteiger partial charge in [-0.1, -0.05) is 24.3 Å². The first-order valence-corrected chi connectivity index (χ1v) is 8.52. The van der Waals surface area contributed by atoms with E-state index < -0.39 is 0 Å². The van der Waals surface area contributed by atoms with Crippen LogP contribution in [0.5, 0.6) is 0 Å². The summed E-state index contributed by atoms with van der Waals surface area (Å²) >= 11 is 1.90. The van der Waals surface area contributed by atoms with Crippen LogP contribution in [0, 0.1) is 0 Å². The van der Waals surface area contributed by atoms with Gasteiger partial charge in [-0.25, -0.2) is 0 Å². The Morgan fingerprint density at radius 3 is 2.75 bits per heavy atom. The third-order valence-corrected chi connectivity index (χ3v) is 4.44. The molecule has 3 nitrogen and oxygen atoms in total. The summed E-state index contributed by atoms with van der Waals surface area (Å²) in [5, 5.41) is 0. The lowest BCUT2D eigenvalue weighted by Gasteiger charge is -2.33. The third-order valence-electron chi connectivity index (χ3n) is 3.80. The highest BCUT2D eigenvalue weighted by Crippen LogP contribution is 2.23. The van der Waals surface area contributed by atoms with Crippen molar-refractivity contribution in [3.8, 4) is 0 Å². The molecule has 0 aliphatic carbocycles. The number of hydrogen-bond donors (Lipinski definition) is 1. The number of ether oxygens (including phenoxy) is 1. The van der Waals surface area contributed by atoms with E-state index in [2.05, 4.69) is 49.4 Å². The second-order valence-electron chi connectivity index (χ2n) is 5.23. The molecule has 0 radical (unpaired) electrons. The molecule has 1 rings (SSSR count). The number of benzene rings is 1. The van der Waals surface area contributed by atoms with Gasteiger partial charge in [-0.05, 0) is 43.5 Å². The second-order valence-corrected chi connectivity index (χ2v) is 6.21. The minimum atomic E-state index is 0.267. The quantitative estimate of drug-likeness (QED) is 0.760. The van der Waals surface area contributed by atoms with Crippen molar-refractivity contribution in [3.63, 3.8) is 0 Å². The van der Waals surface area contributed by atoms with Crippen LogP contribution in [0.3, 0.4) is 0 Å². The van der Waals surface area contributed by atoms with Gasteiger partial charge in [0.2, 0.25) is 0 Å². The predicted molar refractivity (Wildman–Crippen MR) is 89.2 cm³/mol. The zero-order valence-electron chi connectivity index (χ0n) is 13.1. The lowest BCUT2D eigenvalue weighted by Crippen LogP contribution is -2.37. The van der Waals surface area contributed by atoms with E-state index in [1.54, 1.807) is 7.11 Å². The van der Waals surface area contributed by atoms with Gasteiger partial charge < -0.3 is 10.5 Å². The van der Waals surface area contributed by atoms with Crippen LogP contribution in [0.25, 0.3) is 0 Å². The Kier molecular flexibility index (Phi) is 8.22. The summed E-state index contributed by atoms with van der Waals surface area (Å²) in [7, 11) is 3.90. The smallest absolute Gasteiger partial charge is 0.0713 e. The molecule has 0 heterocycles. The SMILES string of the molecule is COCc1cccc(C(CN)N(C)C(C)CCSC)c1. The van der Waals surface area contributed by atoms with Crippen molar-refractivity contribution < 1.29 is 4.74 Å². The number of rotatable bonds is 9. The van der Waals surface area contributed by atoms with Crippen molar-refractivity contribution in [1.82, 2.24) is 4.90 Å². The second kappa shape index (κ2) is 9.40. The Hall–Kier alpha value is -0.550. The third kappa shape index (κ3) is 5.09. The molecule has 0 saturated carbocycles. The van der Waals surface area contributed by atoms with E-state index in [9.17, 15) is 0 Å². The van der Waals surface area contributed by atoms with Gasteiger partial charge in [-0.2, -0.15) is 11.8 Å². The number of nitrogens with two attached hydrogens (primary N) is 1. The zero-order valence-corrected chi connectivity index (χ0v) is 14.0. The molecule has 0 aliphatic heterocycles. The van der Waals surface area contributed by atoms with E-state index in [4.69, 9.17) is 10.5 Å². The van der Waals surface area contributed by atoms with E-state index in [0.29, 0.717) is 19.2 Å². The van der Waals surface area contributed by atoms with Crippen LogP contribution < -0.4 is 5.73 Å². The van der Waals surface area contributed by atoms with Crippen molar-refractivity contribution in [1.29, 1.82) is 0 Å². The topological polar surface area (TPSA) is 38.5 Å². The van der Waals surface area contributed by atoms with E-state index in [-0.39, 0.29) is 6.04 Å². The summed E-state index contributed by atoms with van der Waals surface area (Å²) in [6.07, 6.45) is 3.34. The molecular formula is C16H28N2OS. The standard InChI is InChI=1S/C16H28N2OS/c1-13(8-9-20-4)18(2)16(11-17)15-7-5-6-14(10-15)12-19-3/h5-7,10,13,16H,8-9,11-12,17H2,1-4H3. The molecule has 2 atom stereocenters. The fraction of sp³-hybridized carbons (Fsp3) is 0.625. The fourth-order valence-corrected chi connectivity index (χ4v) is 2.97. The van der Waals surface area contributed by atoms with Gasteiger partial charge in [0.15, 0.2) is 0 Å². The van der Waals surface area contributed by atoms with E-state index in [1.807, 2.05) is 11.8 Å². The zero-order chi connectivity index (χ0) is 15.0. The lowest BCUT2D eigenvalue weighted by molar-refractivity contribution is 0.180. The first kappa shape index (κ1) is 17.5. The number of likely N-dealkylation sites (N-methyl/N-ethyl adjacent to an activating group) is 1. The fourth-order valence-electron chi connectivity index (χ4n) is 2.39. The molecule has 0 aliphatic rings. The van der Waals surface area contributed by atoms with Crippen molar-refractivity contribution in [2.24, 2.45) is 5.73 Å². The minimum Gasteiger partial charge on any atom is -0.380 e. The van der Waals surface area contributed by atoms with E-state index in [1.165, 1.54) is 23.3 Å². The number of hydrogen-bond acceptors (Lipinski definition) is 4. The Morgan fingerprint density at radius 1 is 1.40 bits per heavy atom. The maximum Gasteiger partial charge on any atom is 0.0713 e. The summed E-state index contributed by atoms with van der Waals surface area (Å²) in [6, 6.07) is 9.35. The van der Waals surface area contributed by atoms with Crippen molar-refractivity contribution in [2.75, 3.05) is 32.7 Å². The number of methoxy groups -OCH3 is 1. The predicted octanol–water partition coefficient (Wildman–Crippen LogP) is 2.91. The van der Waals surface area contributed by atoms with Crippen LogP contribution in [0.1, 0.15) is 30.5 Å². The maximum absolute atomic E-state index is 6.02. The summed E-state index contributed by atoms with van der Waals surface area (Å²) < 4.78 is 5.21. The number of nitrogens with zero attached hydrogens (tertiary/aromatic N) is 1. The summed E-state index contributed by atoms with van der Waals surface area (Å²) in [6.45, 7) is 3.56. The van der Waals surface area contributed by atoms with Crippen LogP contribution in [-0.2, 0) is 11.3 Å². The highest BCUT2D eigenvalue weighted by molar-refractivity contribution is 7.98. The molecule has 0 aromatic heterocycles. The highest BCUT2D eigenvalue weighted by Gasteiger charge is 2.20. The summed E-state index contributed by atoms with van der Waals surface area (Å²) in [5.41, 5.74) is 8.50. The summed E-state index contributed by atoms with van der Waals surface area (Å²) in [5.74, 6) is 1.19. The minimum absolute atomic E-state index is 0.267. The Labute approximate surface area is 127 Å². The van der Waals surface area contributed by atoms with Crippen molar-refractivity contribution in [2.45, 2.75) is 32.0 Å². The van der Waals surface area contributed by atoms with Gasteiger partial charge >= 0.3 is 0 Å². The molecule has 4 heteroatoms. The van der Waals surface area contributed by atoms with Crippen LogP contribution in [0.15, 0.2) is 24.3 Å². The molecule has 114 valence electrons. The maximum atomic E-state index is 6.02. The monoisotopic (exact) mass is 296 g/mol. The molecule has 1 aromatic carbocycles. The molecular weight excluding hydrogens is 268 g/mol. The molecule has 2 N–H and O–H groups in total. The van der Waals surface area contributed by atoms with E-state index >= 15 is 0 Å². The Morgan fingerprint density at radius 2 is 2.15 bits per heavy atom. The lowest BCUT2D eigenvalue weighted by atomic mass is 10.0. The van der Waals surface area contributed by atoms with Gasteiger partial charge in [0.05, 0.1) is 6.61 Å². The molecule has 0 amide bonds. The average molecular weight is 296 g/mol. The molecule has 0 fully saturated rings. The van der Waals surface area contributed by atoms with Crippen LogP contribution in [-0.4, -0.2) is 43.7 Å². The van der Waals surface area contributed by atoms with Gasteiger partial charge in [-0.3, -0.25) is 4.90 Å². The first-order valence-electron chi connectivity index (χ1n) is 7.12. The molecule has 0 spiro atoms. The van der Waals surface area contributed by atoms with Gasteiger partial charge in [0, 0.05) is 25.7 Å². The molecule has 2 unspecified atom stereocenters. The van der Waals surface area contributed by atoms with Crippen LogP contribution in [0.4, 0.5) is 0 Å². The first-order chi connectivity index (χ1) is 9.63. The van der Waals surface area contributed by atoms with Gasteiger partial charge in [0.1, 0.15) is 0 Å². The van der Waals surface area contributed by atoms with Crippen LogP contribution >= 0.6 is 11.8 Å². The van der Waals surface area contributed by atoms with E-state index in [0.717, 1.165) is 0 Å². The van der Waals surface area contributed by atoms with Crippen molar-refractivity contribution in [3.05, 3.63) is 35.4 Å². The molecule has 20 heavy (non-hydrogen) atoms. The summed E-state index contributed by atoms with van der Waals surface area (Å²) in [4.78, 5) is 2.39. The van der Waals surface area contributed by atoms with Gasteiger partial charge in [0.25, 0.3) is 0 Å². The molecule has 1 aromatic rings. The van der Waals surface area contributed by atoms with Gasteiger partial charge in [-0.15, -0.1) is 0 Å². The normalized spacial score (nSPS) is 14.5. The Bertz CT molecular complexity index is 386.